The molecule has 0 aliphatic carbocycles. The summed E-state index contributed by atoms with van der Waals surface area (Å²) in [6.45, 7) is 6.02. The van der Waals surface area contributed by atoms with Gasteiger partial charge in [0.15, 0.2) is 0 Å². The maximum Gasteiger partial charge on any atom is 0.237 e. The van der Waals surface area contributed by atoms with Crippen molar-refractivity contribution in [3.8, 4) is 18.1 Å². The van der Waals surface area contributed by atoms with E-state index >= 15 is 0 Å². The van der Waals surface area contributed by atoms with Crippen molar-refractivity contribution in [2.24, 2.45) is 0 Å². The molecule has 1 N–H and O–H groups in total. The molecular formula is C22H27N3O3. The van der Waals surface area contributed by atoms with Gasteiger partial charge in [-0.1, -0.05) is 42.3 Å². The van der Waals surface area contributed by atoms with Crippen LogP contribution in [0.5, 0.6) is 5.75 Å². The second-order valence-corrected chi connectivity index (χ2v) is 6.42. The number of ether oxygens (including phenoxy) is 1. The van der Waals surface area contributed by atoms with Crippen molar-refractivity contribution in [2.45, 2.75) is 12.5 Å². The van der Waals surface area contributed by atoms with E-state index in [0.717, 1.165) is 11.3 Å². The highest BCUT2D eigenvalue weighted by atomic mass is 16.5. The number of methoxy groups -OCH3 is 1. The van der Waals surface area contributed by atoms with Crippen LogP contribution in [0.15, 0.2) is 43.0 Å². The summed E-state index contributed by atoms with van der Waals surface area (Å²) in [6, 6.07) is 7.20. The van der Waals surface area contributed by atoms with E-state index in [-0.39, 0.29) is 24.8 Å². The highest BCUT2D eigenvalue weighted by molar-refractivity contribution is 5.89. The molecule has 6 nitrogen and oxygen atoms in total. The second-order valence-electron chi connectivity index (χ2n) is 6.42. The van der Waals surface area contributed by atoms with Crippen molar-refractivity contribution in [1.82, 2.24) is 15.1 Å². The minimum absolute atomic E-state index is 0.0872. The van der Waals surface area contributed by atoms with Crippen molar-refractivity contribution in [1.29, 1.82) is 0 Å². The number of para-hydroxylation sites is 1. The fourth-order valence-electron chi connectivity index (χ4n) is 3.14. The highest BCUT2D eigenvalue weighted by Crippen LogP contribution is 2.19. The van der Waals surface area contributed by atoms with Crippen LogP contribution < -0.4 is 10.1 Å². The molecule has 0 aromatic heterocycles. The lowest BCUT2D eigenvalue weighted by Crippen LogP contribution is -2.56. The number of piperazine rings is 1. The molecule has 1 unspecified atom stereocenters. The third-order valence-electron chi connectivity index (χ3n) is 4.57. The molecule has 1 aliphatic rings. The zero-order valence-corrected chi connectivity index (χ0v) is 16.3. The van der Waals surface area contributed by atoms with Crippen LogP contribution in [0.4, 0.5) is 0 Å². The number of nitrogens with one attached hydrogen (secondary N) is 1. The predicted molar refractivity (Wildman–Crippen MR) is 111 cm³/mol. The Kier molecular flexibility index (Phi) is 8.32. The summed E-state index contributed by atoms with van der Waals surface area (Å²) < 4.78 is 5.35. The predicted octanol–water partition coefficient (Wildman–Crippen LogP) is 1.55. The largest absolute Gasteiger partial charge is 0.496 e. The van der Waals surface area contributed by atoms with Gasteiger partial charge in [0.05, 0.1) is 26.1 Å². The number of hydrogen-bond acceptors (Lipinski definition) is 4. The average molecular weight is 381 g/mol. The first kappa shape index (κ1) is 21.3. The molecule has 1 atom stereocenters. The van der Waals surface area contributed by atoms with Gasteiger partial charge in [0.2, 0.25) is 11.8 Å². The lowest BCUT2D eigenvalue weighted by atomic mass is 10.1. The molecule has 0 bridgehead atoms. The zero-order chi connectivity index (χ0) is 20.4. The van der Waals surface area contributed by atoms with Crippen molar-refractivity contribution in [3.05, 3.63) is 48.6 Å². The van der Waals surface area contributed by atoms with Gasteiger partial charge in [-0.2, -0.15) is 0 Å². The minimum Gasteiger partial charge on any atom is -0.496 e. The first-order chi connectivity index (χ1) is 13.6. The quantitative estimate of drug-likeness (QED) is 0.521. The van der Waals surface area contributed by atoms with E-state index in [9.17, 15) is 9.59 Å². The Morgan fingerprint density at radius 3 is 3.00 bits per heavy atom. The van der Waals surface area contributed by atoms with Gasteiger partial charge in [0, 0.05) is 31.7 Å². The molecule has 6 heteroatoms. The standard InChI is InChI=1S/C22H27N3O3/c1-4-13-25(14-5-2)21(26)17-19-22(27)23-12-16-24(19)15-8-10-18-9-6-7-11-20(18)28-3/h1,5-11,19H,2,12-17H2,3H3,(H,23,27)/b10-8+. The Bertz CT molecular complexity index is 767. The Hall–Kier alpha value is -3.04. The maximum absolute atomic E-state index is 12.6. The molecule has 1 aromatic carbocycles. The number of amides is 2. The molecule has 0 spiro atoms. The molecule has 0 saturated carbocycles. The molecule has 1 fully saturated rings. The van der Waals surface area contributed by atoms with Gasteiger partial charge in [0.25, 0.3) is 0 Å². The number of hydrogen-bond donors (Lipinski definition) is 1. The van der Waals surface area contributed by atoms with Gasteiger partial charge in [-0.25, -0.2) is 0 Å². The number of rotatable bonds is 9. The summed E-state index contributed by atoms with van der Waals surface area (Å²) in [4.78, 5) is 28.5. The smallest absolute Gasteiger partial charge is 0.237 e. The maximum atomic E-state index is 12.6. The molecular weight excluding hydrogens is 354 g/mol. The van der Waals surface area contributed by atoms with Crippen molar-refractivity contribution in [2.75, 3.05) is 39.8 Å². The topological polar surface area (TPSA) is 61.9 Å². The number of carbonyl (C=O) groups is 2. The Labute approximate surface area is 166 Å². The van der Waals surface area contributed by atoms with Crippen LogP contribution in [0.3, 0.4) is 0 Å². The van der Waals surface area contributed by atoms with Gasteiger partial charge >= 0.3 is 0 Å². The first-order valence-electron chi connectivity index (χ1n) is 9.24. The number of carbonyl (C=O) groups excluding carboxylic acids is 2. The Balaban J connectivity index is 2.06. The first-order valence-corrected chi connectivity index (χ1v) is 9.24. The molecule has 2 rings (SSSR count). The van der Waals surface area contributed by atoms with Crippen LogP contribution in [-0.4, -0.2) is 67.5 Å². The van der Waals surface area contributed by atoms with Crippen LogP contribution in [0.1, 0.15) is 12.0 Å². The monoisotopic (exact) mass is 381 g/mol. The van der Waals surface area contributed by atoms with Gasteiger partial charge in [-0.15, -0.1) is 13.0 Å². The van der Waals surface area contributed by atoms with Crippen LogP contribution in [0, 0.1) is 12.3 Å². The van der Waals surface area contributed by atoms with Crippen molar-refractivity contribution >= 4 is 17.9 Å². The minimum atomic E-state index is -0.520. The Morgan fingerprint density at radius 1 is 1.50 bits per heavy atom. The third-order valence-corrected chi connectivity index (χ3v) is 4.57. The van der Waals surface area contributed by atoms with Gasteiger partial charge in [-0.3, -0.25) is 14.5 Å². The van der Waals surface area contributed by atoms with Gasteiger partial charge in [-0.05, 0) is 6.07 Å². The van der Waals surface area contributed by atoms with Crippen molar-refractivity contribution in [3.63, 3.8) is 0 Å². The van der Waals surface area contributed by atoms with Gasteiger partial charge < -0.3 is 15.0 Å². The average Bonchev–Trinajstić information content (AvgIpc) is 2.70. The third kappa shape index (κ3) is 5.73. The highest BCUT2D eigenvalue weighted by Gasteiger charge is 2.32. The molecule has 0 radical (unpaired) electrons. The molecule has 1 heterocycles. The summed E-state index contributed by atoms with van der Waals surface area (Å²) >= 11 is 0. The fraction of sp³-hybridized carbons (Fsp3) is 0.364. The summed E-state index contributed by atoms with van der Waals surface area (Å²) in [5.74, 6) is 2.98. The lowest BCUT2D eigenvalue weighted by Gasteiger charge is -2.34. The van der Waals surface area contributed by atoms with E-state index in [2.05, 4.69) is 17.8 Å². The normalized spacial score (nSPS) is 17.0. The van der Waals surface area contributed by atoms with E-state index in [0.29, 0.717) is 26.2 Å². The number of nitrogens with zero attached hydrogens (tertiary/aromatic N) is 2. The summed E-state index contributed by atoms with van der Waals surface area (Å²) in [6.07, 6.45) is 11.0. The number of benzene rings is 1. The van der Waals surface area contributed by atoms with Crippen LogP contribution in [-0.2, 0) is 9.59 Å². The molecule has 1 aromatic rings. The van der Waals surface area contributed by atoms with E-state index in [1.54, 1.807) is 13.2 Å². The summed E-state index contributed by atoms with van der Waals surface area (Å²) in [5.41, 5.74) is 0.963. The molecule has 1 saturated heterocycles. The zero-order valence-electron chi connectivity index (χ0n) is 16.3. The Morgan fingerprint density at radius 2 is 2.29 bits per heavy atom. The second kappa shape index (κ2) is 11.0. The summed E-state index contributed by atoms with van der Waals surface area (Å²) in [7, 11) is 1.63. The van der Waals surface area contributed by atoms with E-state index in [4.69, 9.17) is 11.2 Å². The SMILES string of the molecule is C#CCN(CC=C)C(=O)CC1C(=O)NCCN1C/C=C/c1ccccc1OC. The molecule has 1 aliphatic heterocycles. The number of terminal acetylenes is 1. The summed E-state index contributed by atoms with van der Waals surface area (Å²) in [5, 5.41) is 2.84. The van der Waals surface area contributed by atoms with Gasteiger partial charge in [0.1, 0.15) is 5.75 Å². The lowest BCUT2D eigenvalue weighted by molar-refractivity contribution is -0.137. The van der Waals surface area contributed by atoms with E-state index < -0.39 is 6.04 Å². The van der Waals surface area contributed by atoms with E-state index in [1.807, 2.05) is 41.3 Å². The van der Waals surface area contributed by atoms with Crippen LogP contribution in [0.2, 0.25) is 0 Å². The molecule has 2 amide bonds. The van der Waals surface area contributed by atoms with Crippen molar-refractivity contribution < 1.29 is 14.3 Å². The fourth-order valence-corrected chi connectivity index (χ4v) is 3.14. The van der Waals surface area contributed by atoms with Crippen LogP contribution in [0.25, 0.3) is 6.08 Å². The molecule has 28 heavy (non-hydrogen) atoms. The van der Waals surface area contributed by atoms with E-state index in [1.165, 1.54) is 4.90 Å². The van der Waals surface area contributed by atoms with Crippen LogP contribution >= 0.6 is 0 Å². The molecule has 148 valence electrons.